The van der Waals surface area contributed by atoms with Crippen LogP contribution in [0.15, 0.2) is 23.2 Å². The Morgan fingerprint density at radius 1 is 1.35 bits per heavy atom. The van der Waals surface area contributed by atoms with E-state index in [0.717, 1.165) is 11.1 Å². The lowest BCUT2D eigenvalue weighted by molar-refractivity contribution is -0.123. The molecule has 5 nitrogen and oxygen atoms in total. The molecular weight excluding hydrogens is 254 g/mol. The molecule has 1 atom stereocenters. The summed E-state index contributed by atoms with van der Waals surface area (Å²) in [5, 5.41) is 5.97. The van der Waals surface area contributed by atoms with E-state index in [2.05, 4.69) is 15.6 Å². The third-order valence-corrected chi connectivity index (χ3v) is 3.34. The lowest BCUT2D eigenvalue weighted by Gasteiger charge is -2.24. The number of nitrogens with one attached hydrogen (secondary N) is 2. The van der Waals surface area contributed by atoms with Crippen LogP contribution in [0, 0.1) is 6.92 Å². The Labute approximate surface area is 119 Å². The van der Waals surface area contributed by atoms with Crippen LogP contribution in [0.5, 0.6) is 5.75 Å². The summed E-state index contributed by atoms with van der Waals surface area (Å²) in [4.78, 5) is 16.7. The Morgan fingerprint density at radius 2 is 2.05 bits per heavy atom. The number of ether oxygens (including phenoxy) is 1. The maximum absolute atomic E-state index is 12.4. The van der Waals surface area contributed by atoms with Gasteiger partial charge in [-0.25, -0.2) is 0 Å². The van der Waals surface area contributed by atoms with Crippen molar-refractivity contribution in [2.75, 3.05) is 7.11 Å². The zero-order valence-electron chi connectivity index (χ0n) is 12.6. The zero-order valence-corrected chi connectivity index (χ0v) is 12.6. The number of aryl methyl sites for hydroxylation is 1. The number of benzene rings is 1. The Morgan fingerprint density at radius 3 is 2.65 bits per heavy atom. The molecule has 5 heteroatoms. The SMILES string of the molecule is COc1ccc(C)cc1C1(C)NC(=NC(C)C)NC1=O. The number of carbonyl (C=O) groups is 1. The predicted octanol–water partition coefficient (Wildman–Crippen LogP) is 1.70. The van der Waals surface area contributed by atoms with Crippen molar-refractivity contribution in [3.8, 4) is 5.75 Å². The van der Waals surface area contributed by atoms with Crippen molar-refractivity contribution in [1.82, 2.24) is 10.6 Å². The van der Waals surface area contributed by atoms with Crippen molar-refractivity contribution >= 4 is 11.9 Å². The molecule has 0 spiro atoms. The minimum Gasteiger partial charge on any atom is -0.496 e. The molecular formula is C15H21N3O2. The van der Waals surface area contributed by atoms with E-state index >= 15 is 0 Å². The molecule has 1 aromatic rings. The van der Waals surface area contributed by atoms with Crippen LogP contribution in [-0.4, -0.2) is 25.0 Å². The first-order valence-corrected chi connectivity index (χ1v) is 6.69. The molecule has 1 saturated heterocycles. The highest BCUT2D eigenvalue weighted by Crippen LogP contribution is 2.33. The largest absolute Gasteiger partial charge is 0.496 e. The summed E-state index contributed by atoms with van der Waals surface area (Å²) in [7, 11) is 1.60. The summed E-state index contributed by atoms with van der Waals surface area (Å²) >= 11 is 0. The quantitative estimate of drug-likeness (QED) is 0.882. The minimum atomic E-state index is -0.870. The molecule has 1 aliphatic rings. The van der Waals surface area contributed by atoms with Gasteiger partial charge in [0.15, 0.2) is 5.96 Å². The summed E-state index contributed by atoms with van der Waals surface area (Å²) in [5.41, 5.74) is 1.02. The molecule has 1 unspecified atom stereocenters. The number of nitrogens with zero attached hydrogens (tertiary/aromatic N) is 1. The average Bonchev–Trinajstić information content (AvgIpc) is 2.64. The fraction of sp³-hybridized carbons (Fsp3) is 0.467. The summed E-state index contributed by atoms with van der Waals surface area (Å²) in [6.07, 6.45) is 0. The molecule has 1 aliphatic heterocycles. The number of amides is 1. The average molecular weight is 275 g/mol. The van der Waals surface area contributed by atoms with Crippen LogP contribution < -0.4 is 15.4 Å². The molecule has 1 fully saturated rings. The molecule has 0 aromatic heterocycles. The van der Waals surface area contributed by atoms with E-state index in [9.17, 15) is 4.79 Å². The van der Waals surface area contributed by atoms with Gasteiger partial charge in [-0.2, -0.15) is 0 Å². The number of carbonyl (C=O) groups excluding carboxylic acids is 1. The van der Waals surface area contributed by atoms with Crippen LogP contribution >= 0.6 is 0 Å². The van der Waals surface area contributed by atoms with Crippen LogP contribution in [0.1, 0.15) is 31.9 Å². The maximum Gasteiger partial charge on any atom is 0.256 e. The lowest BCUT2D eigenvalue weighted by atomic mass is 9.90. The van der Waals surface area contributed by atoms with E-state index in [4.69, 9.17) is 4.74 Å². The maximum atomic E-state index is 12.4. The van der Waals surface area contributed by atoms with Gasteiger partial charge in [0.2, 0.25) is 0 Å². The second-order valence-electron chi connectivity index (χ2n) is 5.48. The molecule has 2 rings (SSSR count). The monoisotopic (exact) mass is 275 g/mol. The van der Waals surface area contributed by atoms with Crippen LogP contribution in [0.2, 0.25) is 0 Å². The molecule has 1 aromatic carbocycles. The Hall–Kier alpha value is -2.04. The summed E-state index contributed by atoms with van der Waals surface area (Å²) < 4.78 is 5.38. The standard InChI is InChI=1S/C15H21N3O2/c1-9(2)16-14-17-13(19)15(4,18-14)11-8-10(3)6-7-12(11)20-5/h6-9H,1-5H3,(H2,16,17,18,19). The third kappa shape index (κ3) is 2.48. The van der Waals surface area contributed by atoms with Crippen molar-refractivity contribution in [3.63, 3.8) is 0 Å². The molecule has 1 heterocycles. The Balaban J connectivity index is 2.46. The summed E-state index contributed by atoms with van der Waals surface area (Å²) in [6.45, 7) is 7.75. The number of hydrogen-bond donors (Lipinski definition) is 2. The fourth-order valence-corrected chi connectivity index (χ4v) is 2.28. The van der Waals surface area contributed by atoms with E-state index in [1.165, 1.54) is 0 Å². The summed E-state index contributed by atoms with van der Waals surface area (Å²) in [5.74, 6) is 1.07. The van der Waals surface area contributed by atoms with Gasteiger partial charge < -0.3 is 10.1 Å². The second kappa shape index (κ2) is 5.15. The number of methoxy groups -OCH3 is 1. The van der Waals surface area contributed by atoms with Crippen molar-refractivity contribution in [3.05, 3.63) is 29.3 Å². The minimum absolute atomic E-state index is 0.111. The van der Waals surface area contributed by atoms with Crippen molar-refractivity contribution < 1.29 is 9.53 Å². The molecule has 2 N–H and O–H groups in total. The van der Waals surface area contributed by atoms with E-state index in [0.29, 0.717) is 11.7 Å². The normalized spacial score (nSPS) is 23.9. The van der Waals surface area contributed by atoms with Gasteiger partial charge in [-0.15, -0.1) is 0 Å². The smallest absolute Gasteiger partial charge is 0.256 e. The molecule has 0 aliphatic carbocycles. The van der Waals surface area contributed by atoms with Gasteiger partial charge in [-0.3, -0.25) is 15.1 Å². The lowest BCUT2D eigenvalue weighted by Crippen LogP contribution is -2.41. The third-order valence-electron chi connectivity index (χ3n) is 3.34. The predicted molar refractivity (Wildman–Crippen MR) is 78.9 cm³/mol. The topological polar surface area (TPSA) is 62.7 Å². The Kier molecular flexibility index (Phi) is 3.70. The first-order chi connectivity index (χ1) is 9.36. The second-order valence-corrected chi connectivity index (χ2v) is 5.48. The molecule has 0 radical (unpaired) electrons. The number of rotatable bonds is 3. The van der Waals surface area contributed by atoms with E-state index in [1.807, 2.05) is 45.9 Å². The van der Waals surface area contributed by atoms with Gasteiger partial charge in [-0.1, -0.05) is 11.6 Å². The Bertz CT molecular complexity index is 566. The molecule has 108 valence electrons. The van der Waals surface area contributed by atoms with Crippen LogP contribution in [0.3, 0.4) is 0 Å². The van der Waals surface area contributed by atoms with E-state index in [-0.39, 0.29) is 11.9 Å². The molecule has 20 heavy (non-hydrogen) atoms. The highest BCUT2D eigenvalue weighted by molar-refractivity contribution is 6.09. The number of hydrogen-bond acceptors (Lipinski definition) is 3. The fourth-order valence-electron chi connectivity index (χ4n) is 2.28. The first kappa shape index (κ1) is 14.4. The van der Waals surface area contributed by atoms with Gasteiger partial charge in [0.25, 0.3) is 5.91 Å². The van der Waals surface area contributed by atoms with Crippen molar-refractivity contribution in [2.24, 2.45) is 4.99 Å². The number of guanidine groups is 1. The highest BCUT2D eigenvalue weighted by Gasteiger charge is 2.44. The van der Waals surface area contributed by atoms with Gasteiger partial charge in [-0.05, 0) is 39.8 Å². The summed E-state index contributed by atoms with van der Waals surface area (Å²) in [6, 6.07) is 5.91. The van der Waals surface area contributed by atoms with Crippen molar-refractivity contribution in [1.29, 1.82) is 0 Å². The van der Waals surface area contributed by atoms with E-state index in [1.54, 1.807) is 7.11 Å². The van der Waals surface area contributed by atoms with E-state index < -0.39 is 5.54 Å². The first-order valence-electron chi connectivity index (χ1n) is 6.69. The molecule has 1 amide bonds. The zero-order chi connectivity index (χ0) is 14.9. The van der Waals surface area contributed by atoms with Gasteiger partial charge >= 0.3 is 0 Å². The van der Waals surface area contributed by atoms with Crippen LogP contribution in [0.25, 0.3) is 0 Å². The van der Waals surface area contributed by atoms with Crippen LogP contribution in [0.4, 0.5) is 0 Å². The van der Waals surface area contributed by atoms with Crippen LogP contribution in [-0.2, 0) is 10.3 Å². The molecule has 0 saturated carbocycles. The van der Waals surface area contributed by atoms with Gasteiger partial charge in [0.05, 0.1) is 7.11 Å². The van der Waals surface area contributed by atoms with Crippen molar-refractivity contribution in [2.45, 2.75) is 39.3 Å². The molecule has 0 bridgehead atoms. The van der Waals surface area contributed by atoms with Gasteiger partial charge in [0.1, 0.15) is 11.3 Å². The highest BCUT2D eigenvalue weighted by atomic mass is 16.5. The number of aliphatic imine (C=N–C) groups is 1. The van der Waals surface area contributed by atoms with Gasteiger partial charge in [0, 0.05) is 11.6 Å².